The van der Waals surface area contributed by atoms with Crippen molar-refractivity contribution in [3.63, 3.8) is 0 Å². The summed E-state index contributed by atoms with van der Waals surface area (Å²) in [6.45, 7) is 6.79. The van der Waals surface area contributed by atoms with E-state index in [-0.39, 0.29) is 12.1 Å². The van der Waals surface area contributed by atoms with Crippen molar-refractivity contribution in [1.82, 2.24) is 14.9 Å². The van der Waals surface area contributed by atoms with Crippen molar-refractivity contribution < 1.29 is 4.74 Å². The average molecular weight is 538 g/mol. The first-order chi connectivity index (χ1) is 17.4. The van der Waals surface area contributed by atoms with Gasteiger partial charge in [-0.15, -0.1) is 0 Å². The molecule has 5 nitrogen and oxygen atoms in total. The predicted molar refractivity (Wildman–Crippen MR) is 151 cm³/mol. The number of pyridine rings is 1. The van der Waals surface area contributed by atoms with Gasteiger partial charge in [-0.2, -0.15) is 0 Å². The van der Waals surface area contributed by atoms with E-state index in [1.54, 1.807) is 6.07 Å². The summed E-state index contributed by atoms with van der Waals surface area (Å²) in [4.78, 5) is 6.83. The molecule has 2 aromatic carbocycles. The van der Waals surface area contributed by atoms with Gasteiger partial charge in [-0.3, -0.25) is 4.98 Å². The van der Waals surface area contributed by atoms with E-state index in [9.17, 15) is 0 Å². The van der Waals surface area contributed by atoms with Crippen molar-refractivity contribution in [3.8, 4) is 11.4 Å². The molecule has 2 unspecified atom stereocenters. The highest BCUT2D eigenvalue weighted by Gasteiger charge is 2.42. The number of halogens is 2. The van der Waals surface area contributed by atoms with Gasteiger partial charge in [0, 0.05) is 28.3 Å². The van der Waals surface area contributed by atoms with Crippen LogP contribution in [0.2, 0.25) is 10.0 Å². The zero-order valence-electron chi connectivity index (χ0n) is 20.2. The molecule has 3 heterocycles. The molecule has 1 aliphatic heterocycles. The van der Waals surface area contributed by atoms with E-state index >= 15 is 0 Å². The zero-order chi connectivity index (χ0) is 25.4. The smallest absolute Gasteiger partial charge is 0.174 e. The Labute approximate surface area is 226 Å². The highest BCUT2D eigenvalue weighted by molar-refractivity contribution is 7.80. The van der Waals surface area contributed by atoms with Gasteiger partial charge in [-0.1, -0.05) is 29.3 Å². The van der Waals surface area contributed by atoms with Crippen molar-refractivity contribution >= 4 is 46.2 Å². The highest BCUT2D eigenvalue weighted by Crippen LogP contribution is 2.44. The fourth-order valence-corrected chi connectivity index (χ4v) is 5.78. The van der Waals surface area contributed by atoms with Gasteiger partial charge < -0.3 is 19.5 Å². The maximum Gasteiger partial charge on any atom is 0.174 e. The lowest BCUT2D eigenvalue weighted by atomic mass is 9.96. The number of nitrogens with one attached hydrogen (secondary N) is 1. The summed E-state index contributed by atoms with van der Waals surface area (Å²) in [6.07, 6.45) is 1.81. The van der Waals surface area contributed by atoms with E-state index in [1.165, 1.54) is 0 Å². The molecule has 2 aromatic heterocycles. The maximum absolute atomic E-state index is 6.62. The van der Waals surface area contributed by atoms with Crippen LogP contribution in [0.1, 0.15) is 41.7 Å². The number of ether oxygens (including phenoxy) is 1. The number of nitrogens with zero attached hydrogens (tertiary/aromatic N) is 3. The van der Waals surface area contributed by atoms with Crippen molar-refractivity contribution in [1.29, 1.82) is 0 Å². The fraction of sp³-hybridized carbons (Fsp3) is 0.214. The molecule has 1 fully saturated rings. The minimum absolute atomic E-state index is 0.128. The largest absolute Gasteiger partial charge is 0.494 e. The van der Waals surface area contributed by atoms with Gasteiger partial charge in [0.05, 0.1) is 35.1 Å². The third-order valence-electron chi connectivity index (χ3n) is 6.46. The van der Waals surface area contributed by atoms with Crippen molar-refractivity contribution in [3.05, 3.63) is 106 Å². The highest BCUT2D eigenvalue weighted by atomic mass is 35.5. The molecule has 0 radical (unpaired) electrons. The average Bonchev–Trinajstić information content (AvgIpc) is 3.36. The first kappa shape index (κ1) is 24.6. The summed E-state index contributed by atoms with van der Waals surface area (Å²) in [5, 5.41) is 5.38. The Morgan fingerprint density at radius 1 is 1.03 bits per heavy atom. The van der Waals surface area contributed by atoms with Gasteiger partial charge in [0.25, 0.3) is 0 Å². The van der Waals surface area contributed by atoms with Crippen LogP contribution in [0.3, 0.4) is 0 Å². The molecule has 0 aliphatic carbocycles. The lowest BCUT2D eigenvalue weighted by molar-refractivity contribution is 0.340. The number of hydrogen-bond acceptors (Lipinski definition) is 3. The fourth-order valence-electron chi connectivity index (χ4n) is 4.94. The topological polar surface area (TPSA) is 42.3 Å². The molecule has 4 aromatic rings. The number of aryl methyl sites for hydroxylation is 1. The molecule has 0 saturated carbocycles. The van der Waals surface area contributed by atoms with Gasteiger partial charge in [0.15, 0.2) is 5.11 Å². The molecule has 1 aliphatic rings. The van der Waals surface area contributed by atoms with Crippen LogP contribution in [0.5, 0.6) is 5.75 Å². The first-order valence-electron chi connectivity index (χ1n) is 11.8. The summed E-state index contributed by atoms with van der Waals surface area (Å²) < 4.78 is 7.82. The van der Waals surface area contributed by atoms with Crippen molar-refractivity contribution in [2.24, 2.45) is 0 Å². The summed E-state index contributed by atoms with van der Waals surface area (Å²) in [5.74, 6) is 0.827. The Hall–Kier alpha value is -3.06. The van der Waals surface area contributed by atoms with E-state index in [0.29, 0.717) is 21.8 Å². The van der Waals surface area contributed by atoms with E-state index in [0.717, 1.165) is 39.8 Å². The molecular weight excluding hydrogens is 511 g/mol. The lowest BCUT2D eigenvalue weighted by Crippen LogP contribution is -2.29. The van der Waals surface area contributed by atoms with E-state index < -0.39 is 0 Å². The molecule has 36 heavy (non-hydrogen) atoms. The SMILES string of the molecule is CCOc1ccc(N2C(=S)NC(c3ccccn3)C2c2cc(C)n(-c3ccc(Cl)cc3Cl)c2C)cc1. The van der Waals surface area contributed by atoms with E-state index in [2.05, 4.69) is 39.7 Å². The molecule has 184 valence electrons. The second-order valence-corrected chi connectivity index (χ2v) is 9.91. The summed E-state index contributed by atoms with van der Waals surface area (Å²) in [5.41, 5.74) is 6.07. The number of hydrogen-bond donors (Lipinski definition) is 1. The molecule has 2 atom stereocenters. The molecule has 1 N–H and O–H groups in total. The normalized spacial score (nSPS) is 17.4. The molecule has 0 bridgehead atoms. The van der Waals surface area contributed by atoms with Crippen LogP contribution < -0.4 is 15.0 Å². The van der Waals surface area contributed by atoms with Gasteiger partial charge in [0.1, 0.15) is 5.75 Å². The zero-order valence-corrected chi connectivity index (χ0v) is 22.5. The monoisotopic (exact) mass is 536 g/mol. The van der Waals surface area contributed by atoms with Crippen LogP contribution in [0.15, 0.2) is 72.9 Å². The number of thiocarbonyl (C=S) groups is 1. The van der Waals surface area contributed by atoms with Crippen molar-refractivity contribution in [2.45, 2.75) is 32.9 Å². The Morgan fingerprint density at radius 2 is 1.81 bits per heavy atom. The summed E-state index contributed by atoms with van der Waals surface area (Å²) in [7, 11) is 0. The number of benzene rings is 2. The Balaban J connectivity index is 1.65. The van der Waals surface area contributed by atoms with Gasteiger partial charge in [-0.05, 0) is 99.2 Å². The molecular formula is C28H26Cl2N4OS. The lowest BCUT2D eigenvalue weighted by Gasteiger charge is -2.28. The van der Waals surface area contributed by atoms with Crippen LogP contribution in [0, 0.1) is 13.8 Å². The van der Waals surface area contributed by atoms with Gasteiger partial charge >= 0.3 is 0 Å². The number of rotatable bonds is 6. The second-order valence-electron chi connectivity index (χ2n) is 8.68. The van der Waals surface area contributed by atoms with E-state index in [4.69, 9.17) is 40.2 Å². The van der Waals surface area contributed by atoms with Gasteiger partial charge in [0.2, 0.25) is 0 Å². The van der Waals surface area contributed by atoms with Gasteiger partial charge in [-0.25, -0.2) is 0 Å². The van der Waals surface area contributed by atoms with Crippen LogP contribution in [-0.2, 0) is 0 Å². The first-order valence-corrected chi connectivity index (χ1v) is 12.9. The van der Waals surface area contributed by atoms with E-state index in [1.807, 2.05) is 67.7 Å². The standard InChI is InChI=1S/C28H26Cl2N4OS/c1-4-35-21-11-9-20(10-12-21)34-27(26(32-28(34)36)24-7-5-6-14-31-24)22-15-17(2)33(18(22)3)25-13-8-19(29)16-23(25)30/h5-16,26-27H,4H2,1-3H3,(H,32,36). The molecule has 0 amide bonds. The second kappa shape index (κ2) is 10.1. The third kappa shape index (κ3) is 4.45. The predicted octanol–water partition coefficient (Wildman–Crippen LogP) is 7.37. The van der Waals surface area contributed by atoms with Crippen LogP contribution in [0.4, 0.5) is 5.69 Å². The quantitative estimate of drug-likeness (QED) is 0.260. The maximum atomic E-state index is 6.62. The molecule has 8 heteroatoms. The minimum atomic E-state index is -0.139. The van der Waals surface area contributed by atoms with Crippen molar-refractivity contribution in [2.75, 3.05) is 11.5 Å². The molecule has 0 spiro atoms. The van der Waals surface area contributed by atoms with Crippen LogP contribution >= 0.6 is 35.4 Å². The Morgan fingerprint density at radius 3 is 2.47 bits per heavy atom. The summed E-state index contributed by atoms with van der Waals surface area (Å²) >= 11 is 18.7. The number of aromatic nitrogens is 2. The van der Waals surface area contributed by atoms with Crippen LogP contribution in [0.25, 0.3) is 5.69 Å². The minimum Gasteiger partial charge on any atom is -0.494 e. The number of anilines is 1. The third-order valence-corrected chi connectivity index (χ3v) is 7.32. The summed E-state index contributed by atoms with van der Waals surface area (Å²) in [6, 6.07) is 21.5. The molecule has 5 rings (SSSR count). The molecule has 1 saturated heterocycles. The Kier molecular flexibility index (Phi) is 6.93. The van der Waals surface area contributed by atoms with Crippen LogP contribution in [-0.4, -0.2) is 21.3 Å². The Bertz CT molecular complexity index is 1410.